The molecule has 20 heteroatoms. The third kappa shape index (κ3) is 10.4. The second-order valence-electron chi connectivity index (χ2n) is 28.7. The van der Waals surface area contributed by atoms with Gasteiger partial charge >= 0.3 is 5.97 Å². The van der Waals surface area contributed by atoms with Crippen LogP contribution in [-0.4, -0.2) is 75.8 Å². The zero-order chi connectivity index (χ0) is 61.9. The minimum absolute atomic E-state index is 0.0442. The van der Waals surface area contributed by atoms with Crippen LogP contribution in [0.4, 0.5) is 20.2 Å². The lowest BCUT2D eigenvalue weighted by molar-refractivity contribution is -0.159. The summed E-state index contributed by atoms with van der Waals surface area (Å²) in [7, 11) is 0. The number of hydrogen-bond acceptors (Lipinski definition) is 10. The Morgan fingerprint density at radius 3 is 1.33 bits per heavy atom. The van der Waals surface area contributed by atoms with Gasteiger partial charge in [-0.15, -0.1) is 0 Å². The average Bonchev–Trinajstić information content (AvgIpc) is 1.51. The van der Waals surface area contributed by atoms with Gasteiger partial charge in [-0.2, -0.15) is 0 Å². The molecule has 0 bridgehead atoms. The number of rotatable bonds is 10. The van der Waals surface area contributed by atoms with Crippen LogP contribution in [-0.2, 0) is 49.1 Å². The van der Waals surface area contributed by atoms with Crippen LogP contribution >= 0.6 is 46.4 Å². The molecule has 3 amide bonds. The molecule has 4 aromatic rings. The Balaban J connectivity index is 0.000000179. The fourth-order valence-corrected chi connectivity index (χ4v) is 18.1. The van der Waals surface area contributed by atoms with Crippen LogP contribution in [0.3, 0.4) is 0 Å². The summed E-state index contributed by atoms with van der Waals surface area (Å²) in [6.45, 7) is 13.2. The molecule has 6 heterocycles. The predicted octanol–water partition coefficient (Wildman–Crippen LogP) is 14.1. The summed E-state index contributed by atoms with van der Waals surface area (Å²) < 4.78 is 43.6. The van der Waals surface area contributed by atoms with Crippen molar-refractivity contribution in [3.05, 3.63) is 115 Å². The number of pyridine rings is 2. The van der Waals surface area contributed by atoms with E-state index in [1.807, 2.05) is 26.0 Å². The highest BCUT2D eigenvalue weighted by molar-refractivity contribution is 6.32. The fourth-order valence-electron chi connectivity index (χ4n) is 17.5. The van der Waals surface area contributed by atoms with E-state index in [1.54, 1.807) is 36.4 Å². The molecule has 5 N–H and O–H groups in total. The Labute approximate surface area is 520 Å². The maximum absolute atomic E-state index is 16.1. The summed E-state index contributed by atoms with van der Waals surface area (Å²) >= 11 is 25.3. The van der Waals surface area contributed by atoms with Crippen LogP contribution in [0, 0.1) is 56.0 Å². The minimum Gasteiger partial charge on any atom is -0.479 e. The van der Waals surface area contributed by atoms with E-state index in [-0.39, 0.29) is 81.7 Å². The Hall–Kier alpha value is -5.10. The Morgan fingerprint density at radius 2 is 0.977 bits per heavy atom. The van der Waals surface area contributed by atoms with Gasteiger partial charge in [-0.05, 0) is 181 Å². The number of halogens is 6. The number of carbonyl (C=O) groups is 6. The number of hydrogen-bond donors (Lipinski definition) is 4. The van der Waals surface area contributed by atoms with Crippen molar-refractivity contribution in [3.63, 3.8) is 0 Å². The van der Waals surface area contributed by atoms with Crippen molar-refractivity contribution < 1.29 is 52.1 Å². The van der Waals surface area contributed by atoms with Gasteiger partial charge in [0.15, 0.2) is 28.0 Å². The van der Waals surface area contributed by atoms with Gasteiger partial charge in [-0.3, -0.25) is 24.0 Å². The third-order valence-corrected chi connectivity index (χ3v) is 23.1. The number of carbonyl (C=O) groups excluding carboxylic acids is 5. The molecule has 2 aromatic heterocycles. The number of aliphatic carboxylic acids is 1. The van der Waals surface area contributed by atoms with Gasteiger partial charge in [0.05, 0.1) is 24.0 Å². The van der Waals surface area contributed by atoms with E-state index >= 15 is 8.78 Å². The maximum Gasteiger partial charge on any atom is 0.332 e. The summed E-state index contributed by atoms with van der Waals surface area (Å²) in [6, 6.07) is 13.9. The smallest absolute Gasteiger partial charge is 0.332 e. The maximum atomic E-state index is 16.1. The number of ether oxygens (including phenoxy) is 2. The number of carboxylic acids is 1. The Bertz CT molecular complexity index is 3210. The van der Waals surface area contributed by atoms with Crippen LogP contribution < -0.4 is 16.4 Å². The predicted molar refractivity (Wildman–Crippen MR) is 323 cm³/mol. The molecule has 14 nitrogen and oxygen atoms in total. The van der Waals surface area contributed by atoms with Crippen molar-refractivity contribution in [2.24, 2.45) is 50.1 Å². The highest BCUT2D eigenvalue weighted by Crippen LogP contribution is 2.75. The largest absolute Gasteiger partial charge is 0.479 e. The number of aromatic nitrogens is 2. The fraction of sp³-hybridized carbons (Fsp3) is 0.576. The van der Waals surface area contributed by atoms with E-state index < -0.39 is 91.9 Å². The van der Waals surface area contributed by atoms with E-state index in [0.29, 0.717) is 72.8 Å². The molecular formula is C66H75Cl4F2N5O9. The lowest BCUT2D eigenvalue weighted by Crippen LogP contribution is -2.52. The molecule has 0 radical (unpaired) electrons. The van der Waals surface area contributed by atoms with Crippen LogP contribution in [0.25, 0.3) is 0 Å². The standard InChI is InChI=1S/C33H38Cl2FN3O4.C33H37Cl2FN2O5/c1-30(2)9-11-32(12-10-30)15-20(23(40)16-31(3)8-6-24(28(37)41)43-17-31)25(19-7-13-38-27(35)26(19)36)33(32)21-5-4-18(34)14-22(21)39-29(33)42;1-30(2)9-11-32(12-10-30)15-20(23(39)16-31(3)8-6-24(28(40)41)43-17-31)25(19-7-13-37-27(35)26(19)36)33(32)21-5-4-18(34)14-22(21)38-29(33)42/h4-5,7,13-14,20,24-25H,6,8-12,15-17H2,1-3H3,(H2,37,41)(H,39,42);4-5,7,13-14,20,24-25H,6,8-12,15-17H2,1-3H3,(H,38,42)(H,40,41)/t2*20-,24-,25-,31?,33+/m00/s1. The number of benzene rings is 2. The first-order valence-corrected chi connectivity index (χ1v) is 31.6. The molecule has 4 aliphatic heterocycles. The number of carboxylic acid groups (broad SMARTS) is 1. The molecule has 12 rings (SSSR count). The van der Waals surface area contributed by atoms with Crippen molar-refractivity contribution in [3.8, 4) is 0 Å². The summed E-state index contributed by atoms with van der Waals surface area (Å²) in [5.74, 6) is -6.51. The number of primary amides is 1. The van der Waals surface area contributed by atoms with Crippen LogP contribution in [0.1, 0.15) is 178 Å². The quantitative estimate of drug-likeness (QED) is 0.110. The van der Waals surface area contributed by atoms with Crippen molar-refractivity contribution >= 4 is 93.0 Å². The van der Waals surface area contributed by atoms with Crippen molar-refractivity contribution in [1.82, 2.24) is 9.97 Å². The highest BCUT2D eigenvalue weighted by Gasteiger charge is 2.74. The summed E-state index contributed by atoms with van der Waals surface area (Å²) in [5, 5.41) is 15.9. The van der Waals surface area contributed by atoms with Crippen molar-refractivity contribution in [2.45, 2.75) is 179 Å². The van der Waals surface area contributed by atoms with Gasteiger partial charge in [0, 0.05) is 70.3 Å². The highest BCUT2D eigenvalue weighted by atomic mass is 35.5. The molecule has 8 aliphatic rings. The number of anilines is 2. The van der Waals surface area contributed by atoms with Crippen molar-refractivity contribution in [1.29, 1.82) is 0 Å². The monoisotopic (exact) mass is 1260 g/mol. The lowest BCUT2D eigenvalue weighted by Gasteiger charge is -2.51. The molecule has 2 aromatic carbocycles. The number of nitrogens with zero attached hydrogens (tertiary/aromatic N) is 2. The number of amides is 3. The van der Waals surface area contributed by atoms with Crippen LogP contribution in [0.15, 0.2) is 60.9 Å². The molecule has 4 spiro atoms. The molecule has 4 aliphatic carbocycles. The second-order valence-corrected chi connectivity index (χ2v) is 30.3. The molecule has 4 saturated carbocycles. The van der Waals surface area contributed by atoms with Gasteiger partial charge in [0.2, 0.25) is 17.7 Å². The van der Waals surface area contributed by atoms with E-state index in [2.05, 4.69) is 48.3 Å². The lowest BCUT2D eigenvalue weighted by atomic mass is 9.51. The number of nitrogens with one attached hydrogen (secondary N) is 2. The van der Waals surface area contributed by atoms with E-state index in [0.717, 1.165) is 49.7 Å². The van der Waals surface area contributed by atoms with E-state index in [4.69, 9.17) is 61.6 Å². The summed E-state index contributed by atoms with van der Waals surface area (Å²) in [5.41, 5.74) is 4.00. The third-order valence-electron chi connectivity index (χ3n) is 22.1. The number of ketones is 2. The first-order chi connectivity index (χ1) is 40.4. The molecule has 86 heavy (non-hydrogen) atoms. The second kappa shape index (κ2) is 22.4. The zero-order valence-corrected chi connectivity index (χ0v) is 52.4. The molecule has 6 fully saturated rings. The zero-order valence-electron chi connectivity index (χ0n) is 49.4. The topological polar surface area (TPSA) is 217 Å². The number of fused-ring (bicyclic) bond motifs is 6. The first kappa shape index (κ1) is 62.5. The minimum atomic E-state index is -1.23. The van der Waals surface area contributed by atoms with Crippen LogP contribution in [0.2, 0.25) is 20.4 Å². The molecular weight excluding hydrogens is 1190 g/mol. The van der Waals surface area contributed by atoms with Gasteiger partial charge < -0.3 is 30.9 Å². The number of Topliss-reactive ketones (excluding diaryl/α,β-unsaturated/α-hetero) is 2. The van der Waals surface area contributed by atoms with E-state index in [1.165, 1.54) is 12.4 Å². The average molecular weight is 1260 g/mol. The number of nitrogens with two attached hydrogens (primary N) is 1. The molecule has 460 valence electrons. The van der Waals surface area contributed by atoms with Gasteiger partial charge in [0.1, 0.15) is 17.7 Å². The Morgan fingerprint density at radius 1 is 0.593 bits per heavy atom. The van der Waals surface area contributed by atoms with Crippen LogP contribution in [0.5, 0.6) is 0 Å². The van der Waals surface area contributed by atoms with Gasteiger partial charge in [0.25, 0.3) is 0 Å². The SMILES string of the molecule is CC1(C)CCC2(CC1)C[C@@H](C(=O)CC1(C)CC[C@@H](C(=O)O)OC1)[C@H](c1ccnc(Cl)c1F)[C@]21C(=O)Nc2cc(Cl)ccc21.CC1(C)CCC2(CC1)C[C@@H](C(=O)CC1(C)CC[C@@H](C(N)=O)OC1)[C@H](c1ccnc(Cl)c1F)[C@]21C(=O)Nc2cc(Cl)ccc21. The van der Waals surface area contributed by atoms with Gasteiger partial charge in [-0.25, -0.2) is 23.5 Å². The summed E-state index contributed by atoms with van der Waals surface area (Å²) in [6.07, 6.45) is 10.7. The normalized spacial score (nSPS) is 32.5. The molecule has 2 unspecified atom stereocenters. The molecule has 2 saturated heterocycles. The Kier molecular flexibility index (Phi) is 16.3. The van der Waals surface area contributed by atoms with E-state index in [9.17, 15) is 33.9 Å². The molecule has 10 atom stereocenters. The summed E-state index contributed by atoms with van der Waals surface area (Å²) in [4.78, 5) is 89.5. The van der Waals surface area contributed by atoms with Crippen molar-refractivity contribution in [2.75, 3.05) is 23.8 Å². The first-order valence-electron chi connectivity index (χ1n) is 30.1. The van der Waals surface area contributed by atoms with Gasteiger partial charge in [-0.1, -0.05) is 100 Å².